The summed E-state index contributed by atoms with van der Waals surface area (Å²) in [6.45, 7) is 9.51. The van der Waals surface area contributed by atoms with Crippen molar-refractivity contribution in [3.05, 3.63) is 29.6 Å². The number of piperazine rings is 1. The SMILES string of the molecule is CCOC(=O)Cc1ccc(N2CCN(C(=O)OC(C)(C)C)CC2)c(F)c1. The van der Waals surface area contributed by atoms with Crippen LogP contribution >= 0.6 is 0 Å². The van der Waals surface area contributed by atoms with Gasteiger partial charge in [-0.2, -0.15) is 0 Å². The van der Waals surface area contributed by atoms with E-state index in [0.717, 1.165) is 0 Å². The van der Waals surface area contributed by atoms with E-state index in [2.05, 4.69) is 0 Å². The Bertz CT molecular complexity index is 649. The number of hydrogen-bond donors (Lipinski definition) is 0. The smallest absolute Gasteiger partial charge is 0.410 e. The fourth-order valence-electron chi connectivity index (χ4n) is 2.75. The molecule has 1 aliphatic rings. The molecule has 0 aliphatic carbocycles. The van der Waals surface area contributed by atoms with Gasteiger partial charge in [0, 0.05) is 26.2 Å². The predicted molar refractivity (Wildman–Crippen MR) is 96.8 cm³/mol. The summed E-state index contributed by atoms with van der Waals surface area (Å²) < 4.78 is 24.7. The first-order chi connectivity index (χ1) is 12.2. The highest BCUT2D eigenvalue weighted by molar-refractivity contribution is 5.73. The molecular weight excluding hydrogens is 339 g/mol. The Balaban J connectivity index is 1.94. The van der Waals surface area contributed by atoms with Crippen molar-refractivity contribution in [2.24, 2.45) is 0 Å². The third-order valence-electron chi connectivity index (χ3n) is 3.94. The number of amides is 1. The molecule has 26 heavy (non-hydrogen) atoms. The number of hydrogen-bond acceptors (Lipinski definition) is 5. The Kier molecular flexibility index (Phi) is 6.45. The van der Waals surface area contributed by atoms with E-state index < -0.39 is 5.60 Å². The van der Waals surface area contributed by atoms with Gasteiger partial charge in [-0.05, 0) is 45.4 Å². The average Bonchev–Trinajstić information content (AvgIpc) is 2.54. The van der Waals surface area contributed by atoms with E-state index in [-0.39, 0.29) is 24.3 Å². The largest absolute Gasteiger partial charge is 0.466 e. The number of halogens is 1. The summed E-state index contributed by atoms with van der Waals surface area (Å²) in [6.07, 6.45) is -0.292. The lowest BCUT2D eigenvalue weighted by Crippen LogP contribution is -2.50. The van der Waals surface area contributed by atoms with Crippen molar-refractivity contribution in [2.45, 2.75) is 39.7 Å². The van der Waals surface area contributed by atoms with Crippen LogP contribution in [0.3, 0.4) is 0 Å². The molecule has 2 rings (SSSR count). The molecule has 1 aliphatic heterocycles. The van der Waals surface area contributed by atoms with Crippen molar-refractivity contribution >= 4 is 17.7 Å². The highest BCUT2D eigenvalue weighted by Gasteiger charge is 2.26. The zero-order valence-corrected chi connectivity index (χ0v) is 15.9. The van der Waals surface area contributed by atoms with E-state index in [9.17, 15) is 14.0 Å². The van der Waals surface area contributed by atoms with Crippen molar-refractivity contribution in [3.63, 3.8) is 0 Å². The highest BCUT2D eigenvalue weighted by Crippen LogP contribution is 2.23. The van der Waals surface area contributed by atoms with Crippen molar-refractivity contribution in [1.82, 2.24) is 4.90 Å². The predicted octanol–water partition coefficient (Wildman–Crippen LogP) is 2.99. The van der Waals surface area contributed by atoms with Gasteiger partial charge in [-0.15, -0.1) is 0 Å². The van der Waals surface area contributed by atoms with E-state index in [1.54, 1.807) is 24.0 Å². The van der Waals surface area contributed by atoms with E-state index in [1.807, 2.05) is 25.7 Å². The highest BCUT2D eigenvalue weighted by atomic mass is 19.1. The maximum Gasteiger partial charge on any atom is 0.410 e. The summed E-state index contributed by atoms with van der Waals surface area (Å²) in [5.41, 5.74) is 0.522. The molecule has 1 aromatic rings. The van der Waals surface area contributed by atoms with Gasteiger partial charge in [-0.3, -0.25) is 4.79 Å². The van der Waals surface area contributed by atoms with E-state index in [4.69, 9.17) is 9.47 Å². The molecule has 7 heteroatoms. The monoisotopic (exact) mass is 366 g/mol. The second kappa shape index (κ2) is 8.38. The molecule has 1 saturated heterocycles. The first-order valence-electron chi connectivity index (χ1n) is 8.86. The Labute approximate surface area is 153 Å². The van der Waals surface area contributed by atoms with Gasteiger partial charge >= 0.3 is 12.1 Å². The van der Waals surface area contributed by atoms with Gasteiger partial charge in [0.15, 0.2) is 0 Å². The van der Waals surface area contributed by atoms with Crippen LogP contribution in [0.2, 0.25) is 0 Å². The fraction of sp³-hybridized carbons (Fsp3) is 0.579. The normalized spacial score (nSPS) is 15.0. The zero-order valence-electron chi connectivity index (χ0n) is 15.9. The molecule has 6 nitrogen and oxygen atoms in total. The number of nitrogens with zero attached hydrogens (tertiary/aromatic N) is 2. The quantitative estimate of drug-likeness (QED) is 0.767. The van der Waals surface area contributed by atoms with E-state index in [0.29, 0.717) is 44.0 Å². The molecule has 0 aromatic heterocycles. The molecule has 0 spiro atoms. The van der Waals surface area contributed by atoms with Crippen molar-refractivity contribution in [1.29, 1.82) is 0 Å². The maximum atomic E-state index is 14.5. The number of rotatable bonds is 4. The van der Waals surface area contributed by atoms with E-state index >= 15 is 0 Å². The fourth-order valence-corrected chi connectivity index (χ4v) is 2.75. The summed E-state index contributed by atoms with van der Waals surface area (Å²) in [5, 5.41) is 0. The third kappa shape index (κ3) is 5.61. The summed E-state index contributed by atoms with van der Waals surface area (Å²) in [6, 6.07) is 4.77. The lowest BCUT2D eigenvalue weighted by molar-refractivity contribution is -0.142. The van der Waals surface area contributed by atoms with Crippen LogP contribution in [0.4, 0.5) is 14.9 Å². The molecule has 1 aromatic carbocycles. The van der Waals surface area contributed by atoms with Crippen LogP contribution in [-0.4, -0.2) is 55.3 Å². The Hall–Kier alpha value is -2.31. The third-order valence-corrected chi connectivity index (χ3v) is 3.94. The molecule has 0 N–H and O–H groups in total. The number of benzene rings is 1. The summed E-state index contributed by atoms with van der Waals surface area (Å²) >= 11 is 0. The Morgan fingerprint density at radius 2 is 1.81 bits per heavy atom. The van der Waals surface area contributed by atoms with Crippen LogP contribution in [0, 0.1) is 5.82 Å². The Morgan fingerprint density at radius 3 is 2.35 bits per heavy atom. The molecule has 0 radical (unpaired) electrons. The second-order valence-electron chi connectivity index (χ2n) is 7.22. The average molecular weight is 366 g/mol. The lowest BCUT2D eigenvalue weighted by Gasteiger charge is -2.36. The van der Waals surface area contributed by atoms with Crippen LogP contribution in [0.25, 0.3) is 0 Å². The van der Waals surface area contributed by atoms with Crippen LogP contribution in [0.5, 0.6) is 0 Å². The van der Waals surface area contributed by atoms with Crippen LogP contribution in [-0.2, 0) is 20.7 Å². The van der Waals surface area contributed by atoms with Gasteiger partial charge in [0.1, 0.15) is 11.4 Å². The number of carbonyl (C=O) groups excluding carboxylic acids is 2. The second-order valence-corrected chi connectivity index (χ2v) is 7.22. The molecule has 1 heterocycles. The molecule has 0 bridgehead atoms. The first kappa shape index (κ1) is 20.0. The summed E-state index contributed by atoms with van der Waals surface area (Å²) in [5.74, 6) is -0.747. The number of anilines is 1. The van der Waals surface area contributed by atoms with Crippen LogP contribution < -0.4 is 4.90 Å². The molecule has 1 amide bonds. The van der Waals surface area contributed by atoms with Crippen LogP contribution in [0.1, 0.15) is 33.3 Å². The van der Waals surface area contributed by atoms with Gasteiger partial charge in [0.2, 0.25) is 0 Å². The summed E-state index contributed by atoms with van der Waals surface area (Å²) in [4.78, 5) is 27.1. The number of ether oxygens (including phenoxy) is 2. The lowest BCUT2D eigenvalue weighted by atomic mass is 10.1. The number of esters is 1. The van der Waals surface area contributed by atoms with Gasteiger partial charge in [0.05, 0.1) is 18.7 Å². The molecule has 0 atom stereocenters. The molecular formula is C19H27FN2O4. The van der Waals surface area contributed by atoms with E-state index in [1.165, 1.54) is 6.07 Å². The van der Waals surface area contributed by atoms with Crippen LogP contribution in [0.15, 0.2) is 18.2 Å². The molecule has 0 saturated carbocycles. The number of carbonyl (C=O) groups is 2. The molecule has 144 valence electrons. The van der Waals surface area contributed by atoms with Gasteiger partial charge in [-0.25, -0.2) is 9.18 Å². The van der Waals surface area contributed by atoms with Gasteiger partial charge in [0.25, 0.3) is 0 Å². The minimum atomic E-state index is -0.533. The van der Waals surface area contributed by atoms with Crippen molar-refractivity contribution in [3.8, 4) is 0 Å². The standard InChI is InChI=1S/C19H27FN2O4/c1-5-25-17(23)13-14-6-7-16(15(20)12-14)21-8-10-22(11-9-21)18(24)26-19(2,3)4/h6-7,12H,5,8-11,13H2,1-4H3. The van der Waals surface area contributed by atoms with Gasteiger partial charge < -0.3 is 19.3 Å². The maximum absolute atomic E-state index is 14.5. The first-order valence-corrected chi connectivity index (χ1v) is 8.86. The minimum absolute atomic E-state index is 0.0530. The van der Waals surface area contributed by atoms with Crippen molar-refractivity contribution in [2.75, 3.05) is 37.7 Å². The molecule has 0 unspecified atom stereocenters. The molecule has 1 fully saturated rings. The Morgan fingerprint density at radius 1 is 1.15 bits per heavy atom. The summed E-state index contributed by atoms with van der Waals surface area (Å²) in [7, 11) is 0. The topological polar surface area (TPSA) is 59.1 Å². The zero-order chi connectivity index (χ0) is 19.3. The van der Waals surface area contributed by atoms with Gasteiger partial charge in [-0.1, -0.05) is 6.07 Å². The minimum Gasteiger partial charge on any atom is -0.466 e. The van der Waals surface area contributed by atoms with Crippen molar-refractivity contribution < 1.29 is 23.5 Å².